The second-order valence-corrected chi connectivity index (χ2v) is 4.30. The van der Waals surface area contributed by atoms with Gasteiger partial charge in [-0.15, -0.1) is 0 Å². The summed E-state index contributed by atoms with van der Waals surface area (Å²) < 4.78 is 5.51. The molecule has 1 aliphatic rings. The van der Waals surface area contributed by atoms with Gasteiger partial charge in [0.05, 0.1) is 6.61 Å². The smallest absolute Gasteiger partial charge is 0.119 e. The van der Waals surface area contributed by atoms with Crippen molar-refractivity contribution in [3.05, 3.63) is 29.8 Å². The van der Waals surface area contributed by atoms with Crippen LogP contribution in [0.4, 0.5) is 0 Å². The van der Waals surface area contributed by atoms with E-state index in [4.69, 9.17) is 10.5 Å². The molecule has 0 aliphatic heterocycles. The number of benzene rings is 1. The fourth-order valence-corrected chi connectivity index (χ4v) is 2.30. The molecule has 2 N–H and O–H groups in total. The number of rotatable bonds is 4. The SMILES string of the molecule is CCOc1cccc(C2(CN)CCC2)c1. The molecule has 2 heteroatoms. The average Bonchev–Trinajstić information content (AvgIpc) is 2.18. The van der Waals surface area contributed by atoms with Crippen molar-refractivity contribution in [1.82, 2.24) is 0 Å². The summed E-state index contributed by atoms with van der Waals surface area (Å²) in [6, 6.07) is 8.40. The quantitative estimate of drug-likeness (QED) is 0.819. The average molecular weight is 205 g/mol. The first-order valence-electron chi connectivity index (χ1n) is 5.74. The molecule has 0 bridgehead atoms. The number of hydrogen-bond acceptors (Lipinski definition) is 2. The number of hydrogen-bond donors (Lipinski definition) is 1. The predicted octanol–water partition coefficient (Wildman–Crippen LogP) is 2.47. The maximum Gasteiger partial charge on any atom is 0.119 e. The zero-order valence-electron chi connectivity index (χ0n) is 9.33. The Balaban J connectivity index is 2.23. The van der Waals surface area contributed by atoms with Gasteiger partial charge in [-0.05, 0) is 37.5 Å². The molecular weight excluding hydrogens is 186 g/mol. The summed E-state index contributed by atoms with van der Waals surface area (Å²) in [6.45, 7) is 3.48. The van der Waals surface area contributed by atoms with E-state index in [9.17, 15) is 0 Å². The van der Waals surface area contributed by atoms with Crippen LogP contribution in [0.3, 0.4) is 0 Å². The van der Waals surface area contributed by atoms with E-state index in [0.29, 0.717) is 0 Å². The molecule has 1 saturated carbocycles. The van der Waals surface area contributed by atoms with Gasteiger partial charge in [0.2, 0.25) is 0 Å². The molecule has 0 heterocycles. The van der Waals surface area contributed by atoms with E-state index in [1.807, 2.05) is 13.0 Å². The molecule has 0 radical (unpaired) electrons. The summed E-state index contributed by atoms with van der Waals surface area (Å²) in [6.07, 6.45) is 3.74. The van der Waals surface area contributed by atoms with Crippen LogP contribution in [0, 0.1) is 0 Å². The lowest BCUT2D eigenvalue weighted by molar-refractivity contribution is 0.251. The minimum absolute atomic E-state index is 0.243. The van der Waals surface area contributed by atoms with Crippen LogP contribution < -0.4 is 10.5 Å². The van der Waals surface area contributed by atoms with E-state index in [0.717, 1.165) is 18.9 Å². The molecule has 1 fully saturated rings. The summed E-state index contributed by atoms with van der Waals surface area (Å²) in [7, 11) is 0. The van der Waals surface area contributed by atoms with Gasteiger partial charge >= 0.3 is 0 Å². The standard InChI is InChI=1S/C13H19NO/c1-2-15-12-6-3-5-11(9-12)13(10-14)7-4-8-13/h3,5-6,9H,2,4,7-8,10,14H2,1H3. The predicted molar refractivity (Wildman–Crippen MR) is 62.2 cm³/mol. The van der Waals surface area contributed by atoms with Crippen LogP contribution in [0.15, 0.2) is 24.3 Å². The minimum atomic E-state index is 0.243. The Morgan fingerprint density at radius 2 is 2.20 bits per heavy atom. The molecular formula is C13H19NO. The topological polar surface area (TPSA) is 35.2 Å². The molecule has 1 aromatic carbocycles. The van der Waals surface area contributed by atoms with Crippen LogP contribution >= 0.6 is 0 Å². The monoisotopic (exact) mass is 205 g/mol. The maximum absolute atomic E-state index is 5.88. The zero-order chi connectivity index (χ0) is 10.7. The molecule has 1 aliphatic carbocycles. The number of ether oxygens (including phenoxy) is 1. The van der Waals surface area contributed by atoms with E-state index < -0.39 is 0 Å². The lowest BCUT2D eigenvalue weighted by Gasteiger charge is -2.41. The van der Waals surface area contributed by atoms with Gasteiger partial charge in [0.15, 0.2) is 0 Å². The molecule has 0 amide bonds. The zero-order valence-corrected chi connectivity index (χ0v) is 9.33. The van der Waals surface area contributed by atoms with Crippen LogP contribution in [0.5, 0.6) is 5.75 Å². The van der Waals surface area contributed by atoms with Gasteiger partial charge in [-0.2, -0.15) is 0 Å². The van der Waals surface area contributed by atoms with Crippen LogP contribution in [0.25, 0.3) is 0 Å². The third-order valence-electron chi connectivity index (χ3n) is 3.46. The van der Waals surface area contributed by atoms with E-state index in [2.05, 4.69) is 18.2 Å². The fourth-order valence-electron chi connectivity index (χ4n) is 2.30. The molecule has 0 atom stereocenters. The highest BCUT2D eigenvalue weighted by Gasteiger charge is 2.37. The second-order valence-electron chi connectivity index (χ2n) is 4.30. The lowest BCUT2D eigenvalue weighted by Crippen LogP contribution is -2.41. The van der Waals surface area contributed by atoms with Crippen molar-refractivity contribution in [3.8, 4) is 5.75 Å². The fraction of sp³-hybridized carbons (Fsp3) is 0.538. The van der Waals surface area contributed by atoms with Crippen molar-refractivity contribution in [2.24, 2.45) is 5.73 Å². The first kappa shape index (κ1) is 10.5. The summed E-state index contributed by atoms with van der Waals surface area (Å²) in [4.78, 5) is 0. The summed E-state index contributed by atoms with van der Waals surface area (Å²) in [5.74, 6) is 0.967. The molecule has 15 heavy (non-hydrogen) atoms. The van der Waals surface area contributed by atoms with E-state index in [1.165, 1.54) is 24.8 Å². The number of nitrogens with two attached hydrogens (primary N) is 1. The van der Waals surface area contributed by atoms with Gasteiger partial charge in [0, 0.05) is 12.0 Å². The third-order valence-corrected chi connectivity index (χ3v) is 3.46. The highest BCUT2D eigenvalue weighted by Crippen LogP contribution is 2.43. The van der Waals surface area contributed by atoms with Crippen molar-refractivity contribution in [2.75, 3.05) is 13.2 Å². The summed E-state index contributed by atoms with van der Waals surface area (Å²) >= 11 is 0. The van der Waals surface area contributed by atoms with Crippen molar-refractivity contribution in [1.29, 1.82) is 0 Å². The Morgan fingerprint density at radius 3 is 2.73 bits per heavy atom. The molecule has 82 valence electrons. The van der Waals surface area contributed by atoms with Gasteiger partial charge in [0.1, 0.15) is 5.75 Å². The van der Waals surface area contributed by atoms with E-state index in [-0.39, 0.29) is 5.41 Å². The normalized spacial score (nSPS) is 18.3. The maximum atomic E-state index is 5.88. The molecule has 0 unspecified atom stereocenters. The summed E-state index contributed by atoms with van der Waals surface area (Å²) in [5, 5.41) is 0. The summed E-state index contributed by atoms with van der Waals surface area (Å²) in [5.41, 5.74) is 7.48. The largest absolute Gasteiger partial charge is 0.494 e. The van der Waals surface area contributed by atoms with Crippen LogP contribution in [-0.2, 0) is 5.41 Å². The Morgan fingerprint density at radius 1 is 1.40 bits per heavy atom. The van der Waals surface area contributed by atoms with Crippen molar-refractivity contribution >= 4 is 0 Å². The van der Waals surface area contributed by atoms with Crippen LogP contribution in [0.2, 0.25) is 0 Å². The van der Waals surface area contributed by atoms with Crippen molar-refractivity contribution in [2.45, 2.75) is 31.6 Å². The van der Waals surface area contributed by atoms with Gasteiger partial charge in [0.25, 0.3) is 0 Å². The van der Waals surface area contributed by atoms with Crippen LogP contribution in [0.1, 0.15) is 31.7 Å². The van der Waals surface area contributed by atoms with Gasteiger partial charge in [-0.1, -0.05) is 18.6 Å². The molecule has 0 aromatic heterocycles. The van der Waals surface area contributed by atoms with Crippen molar-refractivity contribution < 1.29 is 4.74 Å². The lowest BCUT2D eigenvalue weighted by atomic mass is 9.64. The Hall–Kier alpha value is -1.02. The Labute approximate surface area is 91.4 Å². The van der Waals surface area contributed by atoms with E-state index in [1.54, 1.807) is 0 Å². The third kappa shape index (κ3) is 1.86. The highest BCUT2D eigenvalue weighted by molar-refractivity contribution is 5.35. The Bertz CT molecular complexity index is 326. The Kier molecular flexibility index (Phi) is 2.96. The van der Waals surface area contributed by atoms with Gasteiger partial charge in [-0.3, -0.25) is 0 Å². The highest BCUT2D eigenvalue weighted by atomic mass is 16.5. The van der Waals surface area contributed by atoms with Crippen molar-refractivity contribution in [3.63, 3.8) is 0 Å². The first-order chi connectivity index (χ1) is 7.30. The van der Waals surface area contributed by atoms with E-state index >= 15 is 0 Å². The van der Waals surface area contributed by atoms with Gasteiger partial charge < -0.3 is 10.5 Å². The minimum Gasteiger partial charge on any atom is -0.494 e. The molecule has 0 saturated heterocycles. The molecule has 2 rings (SSSR count). The first-order valence-corrected chi connectivity index (χ1v) is 5.74. The molecule has 1 aromatic rings. The molecule has 2 nitrogen and oxygen atoms in total. The molecule has 0 spiro atoms. The van der Waals surface area contributed by atoms with Gasteiger partial charge in [-0.25, -0.2) is 0 Å². The second kappa shape index (κ2) is 4.23. The van der Waals surface area contributed by atoms with Crippen LogP contribution in [-0.4, -0.2) is 13.2 Å².